The minimum absolute atomic E-state index is 0.157. The maximum absolute atomic E-state index is 13.1. The monoisotopic (exact) mass is 437 g/mol. The molecule has 2 aromatic heterocycles. The van der Waals surface area contributed by atoms with Crippen molar-refractivity contribution in [1.29, 1.82) is 0 Å². The van der Waals surface area contributed by atoms with Crippen molar-refractivity contribution >= 4 is 32.4 Å². The number of nitrogens with one attached hydrogen (secondary N) is 2. The Balaban J connectivity index is 1.77. The summed E-state index contributed by atoms with van der Waals surface area (Å²) < 4.78 is 45.4. The van der Waals surface area contributed by atoms with Gasteiger partial charge in [0.05, 0.1) is 5.69 Å². The van der Waals surface area contributed by atoms with Crippen LogP contribution in [-0.2, 0) is 10.0 Å². The molecule has 2 N–H and O–H groups in total. The molecule has 0 spiro atoms. The summed E-state index contributed by atoms with van der Waals surface area (Å²) in [6.45, 7) is 6.93. The zero-order valence-electron chi connectivity index (χ0n) is 16.2. The largest absolute Gasteiger partial charge is 0.438 e. The zero-order chi connectivity index (χ0) is 21.4. The molecule has 0 atom stereocenters. The van der Waals surface area contributed by atoms with Gasteiger partial charge < -0.3 is 4.42 Å². The van der Waals surface area contributed by atoms with Gasteiger partial charge >= 0.3 is 0 Å². The molecule has 0 fully saturated rings. The van der Waals surface area contributed by atoms with Crippen LogP contribution in [0.15, 0.2) is 45.9 Å². The highest BCUT2D eigenvalue weighted by atomic mass is 32.2. The van der Waals surface area contributed by atoms with Gasteiger partial charge in [0.15, 0.2) is 10.9 Å². The van der Waals surface area contributed by atoms with E-state index >= 15 is 0 Å². The molecule has 3 aromatic rings. The van der Waals surface area contributed by atoms with Gasteiger partial charge in [0.2, 0.25) is 5.09 Å². The average Bonchev–Trinajstić information content (AvgIpc) is 3.21. The van der Waals surface area contributed by atoms with Gasteiger partial charge in [-0.25, -0.2) is 22.5 Å². The van der Waals surface area contributed by atoms with Crippen LogP contribution in [0.2, 0.25) is 0 Å². The number of halogens is 1. The third kappa shape index (κ3) is 5.08. The van der Waals surface area contributed by atoms with Crippen LogP contribution in [0.1, 0.15) is 36.2 Å². The average molecular weight is 438 g/mol. The Bertz CT molecular complexity index is 1140. The van der Waals surface area contributed by atoms with Crippen molar-refractivity contribution in [3.8, 4) is 11.3 Å². The van der Waals surface area contributed by atoms with Crippen molar-refractivity contribution in [2.24, 2.45) is 0 Å². The number of aromatic nitrogens is 1. The van der Waals surface area contributed by atoms with Gasteiger partial charge in [-0.2, -0.15) is 0 Å². The van der Waals surface area contributed by atoms with E-state index in [1.165, 1.54) is 35.6 Å². The van der Waals surface area contributed by atoms with E-state index in [2.05, 4.69) is 15.0 Å². The molecule has 0 aliphatic heterocycles. The first kappa shape index (κ1) is 21.2. The van der Waals surface area contributed by atoms with Gasteiger partial charge in [-0.1, -0.05) is 0 Å². The lowest BCUT2D eigenvalue weighted by atomic mass is 10.1. The van der Waals surface area contributed by atoms with Crippen molar-refractivity contribution < 1.29 is 22.0 Å². The maximum Gasteiger partial charge on any atom is 0.293 e. The summed E-state index contributed by atoms with van der Waals surface area (Å²) >= 11 is 1.25. The lowest BCUT2D eigenvalue weighted by Crippen LogP contribution is -2.40. The van der Waals surface area contributed by atoms with Crippen LogP contribution in [0.3, 0.4) is 0 Å². The molecular formula is C19H20FN3O4S2. The molecule has 1 amide bonds. The van der Waals surface area contributed by atoms with E-state index < -0.39 is 21.5 Å². The number of benzene rings is 1. The minimum Gasteiger partial charge on any atom is -0.438 e. The highest BCUT2D eigenvalue weighted by Crippen LogP contribution is 2.31. The van der Waals surface area contributed by atoms with Crippen molar-refractivity contribution in [1.82, 2.24) is 9.71 Å². The SMILES string of the molecule is Cc1sc(NC(=O)c2ccc(S(=O)(=O)NC(C)(C)C)o2)nc1-c1ccc(F)cc1. The molecule has 3 rings (SSSR count). The molecule has 29 heavy (non-hydrogen) atoms. The Labute approximate surface area is 172 Å². The number of rotatable bonds is 5. The zero-order valence-corrected chi connectivity index (χ0v) is 17.9. The summed E-state index contributed by atoms with van der Waals surface area (Å²) in [6.07, 6.45) is 0. The third-order valence-electron chi connectivity index (χ3n) is 3.65. The van der Waals surface area contributed by atoms with Gasteiger partial charge in [0.1, 0.15) is 5.82 Å². The molecule has 10 heteroatoms. The number of amides is 1. The van der Waals surface area contributed by atoms with E-state index in [0.717, 1.165) is 10.4 Å². The van der Waals surface area contributed by atoms with Gasteiger partial charge in [0.25, 0.3) is 15.9 Å². The van der Waals surface area contributed by atoms with Crippen LogP contribution in [0.4, 0.5) is 9.52 Å². The van der Waals surface area contributed by atoms with Crippen LogP contribution in [0, 0.1) is 12.7 Å². The molecule has 0 aliphatic rings. The second kappa shape index (κ2) is 7.69. The summed E-state index contributed by atoms with van der Waals surface area (Å²) in [5.74, 6) is -1.13. The molecule has 1 aromatic carbocycles. The summed E-state index contributed by atoms with van der Waals surface area (Å²) in [6, 6.07) is 8.39. The molecule has 0 bridgehead atoms. The first-order valence-corrected chi connectivity index (χ1v) is 10.9. The Hall–Kier alpha value is -2.56. The quantitative estimate of drug-likeness (QED) is 0.624. The van der Waals surface area contributed by atoms with E-state index in [0.29, 0.717) is 10.8 Å². The smallest absolute Gasteiger partial charge is 0.293 e. The van der Waals surface area contributed by atoms with Crippen LogP contribution in [0.25, 0.3) is 11.3 Å². The van der Waals surface area contributed by atoms with Gasteiger partial charge in [-0.15, -0.1) is 11.3 Å². The Morgan fingerprint density at radius 3 is 2.41 bits per heavy atom. The van der Waals surface area contributed by atoms with Crippen molar-refractivity contribution in [3.63, 3.8) is 0 Å². The lowest BCUT2D eigenvalue weighted by Gasteiger charge is -2.18. The molecular weight excluding hydrogens is 417 g/mol. The number of hydrogen-bond acceptors (Lipinski definition) is 6. The predicted octanol–water partition coefficient (Wildman–Crippen LogP) is 4.18. The number of furan rings is 1. The Kier molecular flexibility index (Phi) is 5.61. The van der Waals surface area contributed by atoms with Crippen LogP contribution < -0.4 is 10.0 Å². The first-order valence-electron chi connectivity index (χ1n) is 8.63. The van der Waals surface area contributed by atoms with Crippen molar-refractivity contribution in [3.05, 3.63) is 52.9 Å². The molecule has 0 unspecified atom stereocenters. The van der Waals surface area contributed by atoms with E-state index in [4.69, 9.17) is 4.42 Å². The molecule has 0 saturated carbocycles. The fraction of sp³-hybridized carbons (Fsp3) is 0.263. The summed E-state index contributed by atoms with van der Waals surface area (Å²) in [7, 11) is -3.89. The molecule has 0 aliphatic carbocycles. The van der Waals surface area contributed by atoms with Gasteiger partial charge in [-0.05, 0) is 64.1 Å². The number of carbonyl (C=O) groups is 1. The molecule has 0 radical (unpaired) electrons. The van der Waals surface area contributed by atoms with E-state index in [9.17, 15) is 17.6 Å². The Morgan fingerprint density at radius 1 is 1.14 bits per heavy atom. The second-order valence-electron chi connectivity index (χ2n) is 7.36. The molecule has 0 saturated heterocycles. The highest BCUT2D eigenvalue weighted by molar-refractivity contribution is 7.89. The number of carbonyl (C=O) groups excluding carboxylic acids is 1. The second-order valence-corrected chi connectivity index (χ2v) is 10.2. The van der Waals surface area contributed by atoms with Crippen LogP contribution in [-0.4, -0.2) is 24.8 Å². The summed E-state index contributed by atoms with van der Waals surface area (Å²) in [5, 5.41) is 2.57. The Morgan fingerprint density at radius 2 is 1.79 bits per heavy atom. The summed E-state index contributed by atoms with van der Waals surface area (Å²) in [5.41, 5.74) is 0.658. The number of aryl methyl sites for hydroxylation is 1. The van der Waals surface area contributed by atoms with Crippen molar-refractivity contribution in [2.75, 3.05) is 5.32 Å². The van der Waals surface area contributed by atoms with Crippen molar-refractivity contribution in [2.45, 2.75) is 38.3 Å². The number of nitrogens with zero attached hydrogens (tertiary/aromatic N) is 1. The topological polar surface area (TPSA) is 101 Å². The van der Waals surface area contributed by atoms with Gasteiger partial charge in [-0.3, -0.25) is 10.1 Å². The normalized spacial score (nSPS) is 12.2. The molecule has 7 nitrogen and oxygen atoms in total. The number of sulfonamides is 1. The van der Waals surface area contributed by atoms with Gasteiger partial charge in [0, 0.05) is 16.0 Å². The maximum atomic E-state index is 13.1. The number of anilines is 1. The fourth-order valence-corrected chi connectivity index (χ4v) is 4.71. The predicted molar refractivity (Wildman–Crippen MR) is 109 cm³/mol. The van der Waals surface area contributed by atoms with E-state index in [1.807, 2.05) is 6.92 Å². The number of thiazole rings is 1. The minimum atomic E-state index is -3.89. The first-order chi connectivity index (χ1) is 13.4. The van der Waals surface area contributed by atoms with E-state index in [1.54, 1.807) is 32.9 Å². The van der Waals surface area contributed by atoms with E-state index in [-0.39, 0.29) is 16.7 Å². The standard InChI is InChI=1S/C19H20FN3O4S2/c1-11-16(12-5-7-13(20)8-6-12)21-18(28-11)22-17(24)14-9-10-15(27-14)29(25,26)23-19(2,3)4/h5-10,23H,1-4H3,(H,21,22,24). The third-order valence-corrected chi connectivity index (χ3v) is 6.16. The summed E-state index contributed by atoms with van der Waals surface area (Å²) in [4.78, 5) is 17.6. The molecule has 154 valence electrons. The molecule has 2 heterocycles. The number of hydrogen-bond donors (Lipinski definition) is 2. The van der Waals surface area contributed by atoms with Crippen LogP contribution in [0.5, 0.6) is 0 Å². The van der Waals surface area contributed by atoms with Crippen LogP contribution >= 0.6 is 11.3 Å². The lowest BCUT2D eigenvalue weighted by molar-refractivity contribution is 0.0991. The highest BCUT2D eigenvalue weighted by Gasteiger charge is 2.26. The fourth-order valence-electron chi connectivity index (χ4n) is 2.52.